The SMILES string of the molecule is O=C(c1ccsc1)N1CCC(N2C(=O)CNC2=O)CC1. The smallest absolute Gasteiger partial charge is 0.324 e. The molecule has 2 aliphatic heterocycles. The van der Waals surface area contributed by atoms with E-state index in [1.165, 1.54) is 16.2 Å². The minimum atomic E-state index is -0.308. The number of imide groups is 1. The average Bonchev–Trinajstić information content (AvgIpc) is 3.09. The molecule has 0 unspecified atom stereocenters. The van der Waals surface area contributed by atoms with Gasteiger partial charge in [0.2, 0.25) is 5.91 Å². The molecule has 4 amide bonds. The van der Waals surface area contributed by atoms with Crippen LogP contribution in [0.5, 0.6) is 0 Å². The van der Waals surface area contributed by atoms with Gasteiger partial charge in [0, 0.05) is 24.5 Å². The Morgan fingerprint density at radius 3 is 2.60 bits per heavy atom. The molecule has 0 aliphatic carbocycles. The molecule has 2 fully saturated rings. The van der Waals surface area contributed by atoms with E-state index < -0.39 is 0 Å². The van der Waals surface area contributed by atoms with Crippen molar-refractivity contribution in [3.8, 4) is 0 Å². The van der Waals surface area contributed by atoms with Crippen LogP contribution < -0.4 is 5.32 Å². The maximum absolute atomic E-state index is 12.2. The second-order valence-electron chi connectivity index (χ2n) is 4.96. The largest absolute Gasteiger partial charge is 0.338 e. The first-order valence-electron chi connectivity index (χ1n) is 6.58. The van der Waals surface area contributed by atoms with Gasteiger partial charge in [-0.05, 0) is 24.3 Å². The zero-order valence-electron chi connectivity index (χ0n) is 10.9. The fourth-order valence-corrected chi connectivity index (χ4v) is 3.33. The van der Waals surface area contributed by atoms with Crippen molar-refractivity contribution in [3.05, 3.63) is 22.4 Å². The average molecular weight is 293 g/mol. The van der Waals surface area contributed by atoms with Crippen LogP contribution in [0.15, 0.2) is 16.8 Å². The third kappa shape index (κ3) is 2.29. The zero-order chi connectivity index (χ0) is 14.1. The van der Waals surface area contributed by atoms with Crippen molar-refractivity contribution in [1.82, 2.24) is 15.1 Å². The van der Waals surface area contributed by atoms with Crippen LogP contribution in [-0.2, 0) is 4.79 Å². The second kappa shape index (κ2) is 5.24. The Balaban J connectivity index is 1.61. The Morgan fingerprint density at radius 2 is 2.05 bits per heavy atom. The predicted octanol–water partition coefficient (Wildman–Crippen LogP) is 0.905. The summed E-state index contributed by atoms with van der Waals surface area (Å²) in [5.74, 6) is -0.139. The summed E-state index contributed by atoms with van der Waals surface area (Å²) in [6, 6.07) is 1.42. The molecular weight excluding hydrogens is 278 g/mol. The number of nitrogens with zero attached hydrogens (tertiary/aromatic N) is 2. The minimum absolute atomic E-state index is 0.0295. The molecule has 1 aromatic rings. The van der Waals surface area contributed by atoms with Gasteiger partial charge in [-0.1, -0.05) is 0 Å². The zero-order valence-corrected chi connectivity index (χ0v) is 11.7. The summed E-state index contributed by atoms with van der Waals surface area (Å²) < 4.78 is 0. The molecule has 0 atom stereocenters. The maximum Gasteiger partial charge on any atom is 0.324 e. The van der Waals surface area contributed by atoms with E-state index in [4.69, 9.17) is 0 Å². The molecule has 2 saturated heterocycles. The summed E-state index contributed by atoms with van der Waals surface area (Å²) in [7, 11) is 0. The van der Waals surface area contributed by atoms with Gasteiger partial charge in [0.25, 0.3) is 5.91 Å². The standard InChI is InChI=1S/C13H15N3O3S/c17-11-7-14-13(19)16(11)10-1-4-15(5-2-10)12(18)9-3-6-20-8-9/h3,6,8,10H,1-2,4-5,7H2,(H,14,19). The van der Waals surface area contributed by atoms with Crippen molar-refractivity contribution in [1.29, 1.82) is 0 Å². The number of hydrogen-bond donors (Lipinski definition) is 1. The Bertz CT molecular complexity index is 519. The van der Waals surface area contributed by atoms with Crippen molar-refractivity contribution in [2.45, 2.75) is 18.9 Å². The first-order chi connectivity index (χ1) is 9.66. The van der Waals surface area contributed by atoms with Gasteiger partial charge in [0.15, 0.2) is 0 Å². The Morgan fingerprint density at radius 1 is 1.30 bits per heavy atom. The molecule has 106 valence electrons. The van der Waals surface area contributed by atoms with Gasteiger partial charge >= 0.3 is 6.03 Å². The molecule has 3 heterocycles. The van der Waals surface area contributed by atoms with Crippen LogP contribution in [0.3, 0.4) is 0 Å². The normalized spacial score (nSPS) is 20.4. The molecule has 20 heavy (non-hydrogen) atoms. The van der Waals surface area contributed by atoms with E-state index in [-0.39, 0.29) is 30.4 Å². The van der Waals surface area contributed by atoms with Crippen molar-refractivity contribution in [3.63, 3.8) is 0 Å². The van der Waals surface area contributed by atoms with Gasteiger partial charge in [-0.15, -0.1) is 0 Å². The third-order valence-corrected chi connectivity index (χ3v) is 4.45. The van der Waals surface area contributed by atoms with Gasteiger partial charge in [-0.2, -0.15) is 11.3 Å². The first-order valence-corrected chi connectivity index (χ1v) is 7.52. The lowest BCUT2D eigenvalue weighted by Gasteiger charge is -2.35. The molecule has 1 N–H and O–H groups in total. The molecule has 3 rings (SSSR count). The van der Waals surface area contributed by atoms with Crippen LogP contribution in [0.2, 0.25) is 0 Å². The summed E-state index contributed by atoms with van der Waals surface area (Å²) in [5, 5.41) is 6.25. The molecule has 6 nitrogen and oxygen atoms in total. The third-order valence-electron chi connectivity index (χ3n) is 3.76. The number of urea groups is 1. The maximum atomic E-state index is 12.2. The number of thiophene rings is 1. The summed E-state index contributed by atoms with van der Waals surface area (Å²) in [5.41, 5.74) is 0.712. The lowest BCUT2D eigenvalue weighted by Crippen LogP contribution is -2.49. The molecule has 0 radical (unpaired) electrons. The Kier molecular flexibility index (Phi) is 3.43. The van der Waals surface area contributed by atoms with E-state index in [0.717, 1.165) is 0 Å². The number of piperidine rings is 1. The summed E-state index contributed by atoms with van der Waals surface area (Å²) in [6.45, 7) is 1.25. The first kappa shape index (κ1) is 13.1. The highest BCUT2D eigenvalue weighted by Crippen LogP contribution is 2.21. The minimum Gasteiger partial charge on any atom is -0.338 e. The molecule has 7 heteroatoms. The monoisotopic (exact) mass is 293 g/mol. The Hall–Kier alpha value is -1.89. The van der Waals surface area contributed by atoms with Crippen LogP contribution in [0.1, 0.15) is 23.2 Å². The second-order valence-corrected chi connectivity index (χ2v) is 5.74. The molecule has 0 bridgehead atoms. The number of likely N-dealkylation sites (tertiary alicyclic amines) is 1. The van der Waals surface area contributed by atoms with Gasteiger partial charge in [-0.3, -0.25) is 14.5 Å². The van der Waals surface area contributed by atoms with Crippen LogP contribution in [0.25, 0.3) is 0 Å². The highest BCUT2D eigenvalue weighted by atomic mass is 32.1. The lowest BCUT2D eigenvalue weighted by molar-refractivity contribution is -0.127. The van der Waals surface area contributed by atoms with Gasteiger partial charge < -0.3 is 10.2 Å². The summed E-state index contributed by atoms with van der Waals surface area (Å²) in [6.07, 6.45) is 1.30. The fourth-order valence-electron chi connectivity index (χ4n) is 2.70. The van der Waals surface area contributed by atoms with E-state index >= 15 is 0 Å². The summed E-state index contributed by atoms with van der Waals surface area (Å²) >= 11 is 1.50. The van der Waals surface area contributed by atoms with Crippen molar-refractivity contribution in [2.24, 2.45) is 0 Å². The number of carbonyl (C=O) groups excluding carboxylic acids is 3. The molecule has 0 spiro atoms. The van der Waals surface area contributed by atoms with Gasteiger partial charge in [0.1, 0.15) is 0 Å². The highest BCUT2D eigenvalue weighted by Gasteiger charge is 2.37. The fraction of sp³-hybridized carbons (Fsp3) is 0.462. The quantitative estimate of drug-likeness (QED) is 0.824. The van der Waals surface area contributed by atoms with E-state index in [0.29, 0.717) is 31.5 Å². The van der Waals surface area contributed by atoms with E-state index in [9.17, 15) is 14.4 Å². The summed E-state index contributed by atoms with van der Waals surface area (Å²) in [4.78, 5) is 38.5. The van der Waals surface area contributed by atoms with Crippen LogP contribution in [0, 0.1) is 0 Å². The number of amides is 4. The van der Waals surface area contributed by atoms with E-state index in [1.807, 2.05) is 16.8 Å². The number of carbonyl (C=O) groups is 3. The predicted molar refractivity (Wildman–Crippen MR) is 73.5 cm³/mol. The van der Waals surface area contributed by atoms with Gasteiger partial charge in [0.05, 0.1) is 12.1 Å². The lowest BCUT2D eigenvalue weighted by atomic mass is 10.0. The number of hydrogen-bond acceptors (Lipinski definition) is 4. The number of rotatable bonds is 2. The van der Waals surface area contributed by atoms with E-state index in [2.05, 4.69) is 5.32 Å². The van der Waals surface area contributed by atoms with Crippen molar-refractivity contribution < 1.29 is 14.4 Å². The molecule has 1 aromatic heterocycles. The Labute approximate surface area is 120 Å². The molecular formula is C13H15N3O3S. The van der Waals surface area contributed by atoms with Crippen LogP contribution in [-0.4, -0.2) is 53.3 Å². The highest BCUT2D eigenvalue weighted by molar-refractivity contribution is 7.08. The molecule has 2 aliphatic rings. The topological polar surface area (TPSA) is 69.7 Å². The van der Waals surface area contributed by atoms with Gasteiger partial charge in [-0.25, -0.2) is 4.79 Å². The number of nitrogens with one attached hydrogen (secondary N) is 1. The van der Waals surface area contributed by atoms with Crippen molar-refractivity contribution >= 4 is 29.2 Å². The van der Waals surface area contributed by atoms with Crippen LogP contribution >= 0.6 is 11.3 Å². The molecule has 0 saturated carbocycles. The van der Waals surface area contributed by atoms with Crippen LogP contribution in [0.4, 0.5) is 4.79 Å². The van der Waals surface area contributed by atoms with Crippen molar-refractivity contribution in [2.75, 3.05) is 19.6 Å². The van der Waals surface area contributed by atoms with E-state index in [1.54, 1.807) is 4.90 Å². The molecule has 0 aromatic carbocycles.